The number of hydrogen-bond acceptors (Lipinski definition) is 6. The highest BCUT2D eigenvalue weighted by Gasteiger charge is 2.42. The van der Waals surface area contributed by atoms with E-state index in [9.17, 15) is 9.59 Å². The summed E-state index contributed by atoms with van der Waals surface area (Å²) in [5, 5.41) is 4.02. The Balaban J connectivity index is 1.81. The second-order valence-corrected chi connectivity index (χ2v) is 10.0. The van der Waals surface area contributed by atoms with Crippen molar-refractivity contribution in [2.45, 2.75) is 51.6 Å². The maximum Gasteiger partial charge on any atom is 0.337 e. The molecule has 0 spiro atoms. The van der Waals surface area contributed by atoms with Crippen LogP contribution in [0.1, 0.15) is 56.6 Å². The summed E-state index contributed by atoms with van der Waals surface area (Å²) in [5.41, 5.74) is 3.86. The molecule has 0 radical (unpaired) electrons. The molecule has 1 heterocycles. The van der Waals surface area contributed by atoms with Crippen LogP contribution in [0.25, 0.3) is 0 Å². The molecule has 1 N–H and O–H groups in total. The molecule has 4 rings (SSSR count). The lowest BCUT2D eigenvalue weighted by Gasteiger charge is -2.37. The smallest absolute Gasteiger partial charge is 0.337 e. The van der Waals surface area contributed by atoms with Gasteiger partial charge in [-0.25, -0.2) is 4.79 Å². The standard InChI is InChI=1S/C28H29Cl2NO5/c1-14(2)36-28(33)24-15(3)31-20-11-17(16-9-10-22(34-4)23(13-16)35-5)12-21(32)26(20)25(24)18-7-6-8-19(29)27(18)30/h6-10,13-14,17,25,31H,11-12H2,1-5H3/t17-,25-/m1/s1. The van der Waals surface area contributed by atoms with Crippen molar-refractivity contribution in [3.05, 3.63) is 80.1 Å². The Hall–Kier alpha value is -2.96. The molecule has 2 aromatic carbocycles. The first-order valence-corrected chi connectivity index (χ1v) is 12.5. The zero-order valence-corrected chi connectivity index (χ0v) is 22.4. The Morgan fingerprint density at radius 1 is 1.06 bits per heavy atom. The van der Waals surface area contributed by atoms with Crippen molar-refractivity contribution in [1.82, 2.24) is 5.32 Å². The van der Waals surface area contributed by atoms with Gasteiger partial charge in [-0.3, -0.25) is 4.79 Å². The zero-order chi connectivity index (χ0) is 26.1. The predicted octanol–water partition coefficient (Wildman–Crippen LogP) is 6.32. The van der Waals surface area contributed by atoms with E-state index >= 15 is 0 Å². The fraction of sp³-hybridized carbons (Fsp3) is 0.357. The summed E-state index contributed by atoms with van der Waals surface area (Å²) in [6.07, 6.45) is 0.533. The molecule has 6 nitrogen and oxygen atoms in total. The summed E-state index contributed by atoms with van der Waals surface area (Å²) >= 11 is 13.0. The lowest BCUT2D eigenvalue weighted by molar-refractivity contribution is -0.143. The van der Waals surface area contributed by atoms with Crippen molar-refractivity contribution in [1.29, 1.82) is 0 Å². The van der Waals surface area contributed by atoms with Crippen LogP contribution in [0.4, 0.5) is 0 Å². The van der Waals surface area contributed by atoms with E-state index in [1.165, 1.54) is 0 Å². The number of Topliss-reactive ketones (excluding diaryl/α,β-unsaturated/α-hetero) is 1. The number of esters is 1. The van der Waals surface area contributed by atoms with Crippen LogP contribution in [0.2, 0.25) is 10.0 Å². The number of rotatable bonds is 6. The minimum atomic E-state index is -0.683. The third kappa shape index (κ3) is 4.84. The first-order valence-electron chi connectivity index (χ1n) is 11.8. The van der Waals surface area contributed by atoms with E-state index in [-0.39, 0.29) is 24.2 Å². The van der Waals surface area contributed by atoms with Gasteiger partial charge in [0.05, 0.1) is 35.9 Å². The van der Waals surface area contributed by atoms with E-state index < -0.39 is 11.9 Å². The number of nitrogens with one attached hydrogen (secondary N) is 1. The average Bonchev–Trinajstić information content (AvgIpc) is 2.83. The van der Waals surface area contributed by atoms with Gasteiger partial charge in [-0.2, -0.15) is 0 Å². The van der Waals surface area contributed by atoms with Gasteiger partial charge in [-0.15, -0.1) is 0 Å². The topological polar surface area (TPSA) is 73.9 Å². The fourth-order valence-corrected chi connectivity index (χ4v) is 5.40. The molecule has 0 unspecified atom stereocenters. The van der Waals surface area contributed by atoms with E-state index in [0.717, 1.165) is 11.3 Å². The first kappa shape index (κ1) is 26.1. The second kappa shape index (κ2) is 10.6. The number of ether oxygens (including phenoxy) is 3. The van der Waals surface area contributed by atoms with Gasteiger partial charge in [-0.05, 0) is 62.4 Å². The maximum atomic E-state index is 13.8. The Morgan fingerprint density at radius 3 is 2.44 bits per heavy atom. The number of allylic oxidation sites excluding steroid dienone is 3. The van der Waals surface area contributed by atoms with Crippen LogP contribution >= 0.6 is 23.2 Å². The van der Waals surface area contributed by atoms with E-state index in [4.69, 9.17) is 37.4 Å². The highest BCUT2D eigenvalue weighted by Crippen LogP contribution is 2.48. The van der Waals surface area contributed by atoms with Gasteiger partial charge in [0.2, 0.25) is 0 Å². The van der Waals surface area contributed by atoms with Crippen LogP contribution in [0.3, 0.4) is 0 Å². The van der Waals surface area contributed by atoms with E-state index in [2.05, 4.69) is 5.32 Å². The maximum absolute atomic E-state index is 13.8. The lowest BCUT2D eigenvalue weighted by atomic mass is 9.71. The normalized spacial score (nSPS) is 19.7. The van der Waals surface area contributed by atoms with Crippen LogP contribution in [0.5, 0.6) is 11.5 Å². The van der Waals surface area contributed by atoms with Gasteiger partial charge in [0.25, 0.3) is 0 Å². The molecule has 190 valence electrons. The lowest BCUT2D eigenvalue weighted by Crippen LogP contribution is -2.36. The monoisotopic (exact) mass is 529 g/mol. The molecule has 2 atom stereocenters. The van der Waals surface area contributed by atoms with Gasteiger partial charge in [0.1, 0.15) is 0 Å². The van der Waals surface area contributed by atoms with Crippen LogP contribution in [-0.2, 0) is 14.3 Å². The van der Waals surface area contributed by atoms with Gasteiger partial charge < -0.3 is 19.5 Å². The summed E-state index contributed by atoms with van der Waals surface area (Å²) in [6.45, 7) is 5.39. The molecule has 0 saturated heterocycles. The van der Waals surface area contributed by atoms with Gasteiger partial charge in [0, 0.05) is 29.3 Å². The molecule has 2 aromatic rings. The van der Waals surface area contributed by atoms with E-state index in [1.54, 1.807) is 46.3 Å². The third-order valence-electron chi connectivity index (χ3n) is 6.56. The Kier molecular flexibility index (Phi) is 7.67. The molecule has 0 amide bonds. The van der Waals surface area contributed by atoms with Crippen molar-refractivity contribution in [2.24, 2.45) is 0 Å². The number of benzene rings is 2. The number of hydrogen-bond donors (Lipinski definition) is 1. The Morgan fingerprint density at radius 2 is 1.78 bits per heavy atom. The minimum Gasteiger partial charge on any atom is -0.493 e. The van der Waals surface area contributed by atoms with E-state index in [1.807, 2.05) is 25.1 Å². The summed E-state index contributed by atoms with van der Waals surface area (Å²) in [4.78, 5) is 27.0. The van der Waals surface area contributed by atoms with Crippen LogP contribution in [0, 0.1) is 0 Å². The molecule has 1 aliphatic heterocycles. The largest absolute Gasteiger partial charge is 0.493 e. The molecular formula is C28H29Cl2NO5. The summed E-state index contributed by atoms with van der Waals surface area (Å²) in [6, 6.07) is 11.0. The summed E-state index contributed by atoms with van der Waals surface area (Å²) in [7, 11) is 3.17. The number of halogens is 2. The summed E-state index contributed by atoms with van der Waals surface area (Å²) in [5.74, 6) is -0.0723. The quantitative estimate of drug-likeness (QED) is 0.441. The number of dihydropyridines is 1. The third-order valence-corrected chi connectivity index (χ3v) is 7.40. The molecule has 2 aliphatic rings. The predicted molar refractivity (Wildman–Crippen MR) is 140 cm³/mol. The fourth-order valence-electron chi connectivity index (χ4n) is 4.98. The molecular weight excluding hydrogens is 501 g/mol. The number of carbonyl (C=O) groups excluding carboxylic acids is 2. The van der Waals surface area contributed by atoms with Crippen molar-refractivity contribution in [3.8, 4) is 11.5 Å². The molecule has 0 saturated carbocycles. The SMILES string of the molecule is COc1ccc([C@H]2CC(=O)C3=C(C2)NC(C)=C(C(=O)OC(C)C)[C@H]3c2cccc(Cl)c2Cl)cc1OC. The van der Waals surface area contributed by atoms with Gasteiger partial charge >= 0.3 is 5.97 Å². The van der Waals surface area contributed by atoms with Crippen LogP contribution in [0.15, 0.2) is 58.9 Å². The van der Waals surface area contributed by atoms with Crippen LogP contribution in [-0.4, -0.2) is 32.1 Å². The van der Waals surface area contributed by atoms with E-state index in [0.29, 0.717) is 50.4 Å². The number of ketones is 1. The van der Waals surface area contributed by atoms with Crippen molar-refractivity contribution in [2.75, 3.05) is 14.2 Å². The Bertz CT molecular complexity index is 1280. The molecule has 0 bridgehead atoms. The molecule has 0 fully saturated rings. The molecule has 1 aliphatic carbocycles. The van der Waals surface area contributed by atoms with Gasteiger partial charge in [-0.1, -0.05) is 41.4 Å². The van der Waals surface area contributed by atoms with Crippen molar-refractivity contribution >= 4 is 35.0 Å². The van der Waals surface area contributed by atoms with Crippen molar-refractivity contribution < 1.29 is 23.8 Å². The number of carbonyl (C=O) groups is 2. The van der Waals surface area contributed by atoms with Crippen molar-refractivity contribution in [3.63, 3.8) is 0 Å². The zero-order valence-electron chi connectivity index (χ0n) is 20.9. The summed E-state index contributed by atoms with van der Waals surface area (Å²) < 4.78 is 16.4. The highest BCUT2D eigenvalue weighted by molar-refractivity contribution is 6.42. The van der Waals surface area contributed by atoms with Crippen LogP contribution < -0.4 is 14.8 Å². The molecule has 8 heteroatoms. The number of methoxy groups -OCH3 is 2. The molecule has 36 heavy (non-hydrogen) atoms. The Labute approximate surface area is 221 Å². The van der Waals surface area contributed by atoms with Gasteiger partial charge in [0.15, 0.2) is 17.3 Å². The molecule has 0 aromatic heterocycles. The minimum absolute atomic E-state index is 0.0630. The first-order chi connectivity index (χ1) is 17.2. The second-order valence-electron chi connectivity index (χ2n) is 9.23. The average molecular weight is 530 g/mol. The highest BCUT2D eigenvalue weighted by atomic mass is 35.5.